The number of para-hydroxylation sites is 1. The lowest BCUT2D eigenvalue weighted by Crippen LogP contribution is -2.33. The van der Waals surface area contributed by atoms with Crippen molar-refractivity contribution < 1.29 is 34.0 Å². The zero-order valence-electron chi connectivity index (χ0n) is 34.5. The predicted octanol–water partition coefficient (Wildman–Crippen LogP) is 10.7. The molecule has 2 aromatic heterocycles. The molecule has 0 radical (unpaired) electrons. The summed E-state index contributed by atoms with van der Waals surface area (Å²) >= 11 is 18.8. The van der Waals surface area contributed by atoms with Crippen molar-refractivity contribution in [1.29, 1.82) is 0 Å². The molecular weight excluding hydrogens is 875 g/mol. The fourth-order valence-electron chi connectivity index (χ4n) is 6.83. The number of hydrogen-bond donors (Lipinski definition) is 4. The van der Waals surface area contributed by atoms with Gasteiger partial charge in [0.05, 0.1) is 34.3 Å². The van der Waals surface area contributed by atoms with Crippen molar-refractivity contribution in [1.82, 2.24) is 20.6 Å². The zero-order chi connectivity index (χ0) is 45.2. The summed E-state index contributed by atoms with van der Waals surface area (Å²) in [6.07, 6.45) is 3.19. The second-order valence-corrected chi connectivity index (χ2v) is 15.6. The van der Waals surface area contributed by atoms with Gasteiger partial charge >= 0.3 is 0 Å². The molecule has 2 heterocycles. The van der Waals surface area contributed by atoms with E-state index >= 15 is 0 Å². The lowest BCUT2D eigenvalue weighted by molar-refractivity contribution is -0.124. The summed E-state index contributed by atoms with van der Waals surface area (Å²) < 4.78 is 16.4. The maximum Gasteiger partial charge on any atom is 0.258 e. The summed E-state index contributed by atoms with van der Waals surface area (Å²) in [4.78, 5) is 34.1. The van der Waals surface area contributed by atoms with Crippen LogP contribution in [-0.2, 0) is 9.59 Å². The Kier molecular flexibility index (Phi) is 14.7. The molecule has 0 saturated carbocycles. The monoisotopic (exact) mass is 914 g/mol. The standard InChI is InChI=1S/C26H24N2O4.C24H17Cl3N2O3/c1-17-5-10-21(11-6-17)32-16-23(29)28-24(19-7-12-20(31-2)13-8-19)22-14-9-18-4-3-15-27-25(18)26(22)30;25-18-9-8-14(11-20(18)27)22(29-21(30)13-32-15-5-2-1-3-6-15)17-12-19(26)16-7-4-10-28-23(16)24(17)31/h3-15,24,30H,16H2,1-2H3,(H,28,29);1-12,22,31H,13H2,(H,29,30). The number of fused-ring (bicyclic) bond motifs is 2. The normalized spacial score (nSPS) is 11.8. The molecule has 0 bridgehead atoms. The summed E-state index contributed by atoms with van der Waals surface area (Å²) in [6, 6.07) is 39.9. The van der Waals surface area contributed by atoms with E-state index < -0.39 is 18.0 Å². The number of aromatic hydroxyl groups is 2. The van der Waals surface area contributed by atoms with Crippen LogP contribution in [0.2, 0.25) is 15.1 Å². The van der Waals surface area contributed by atoms with E-state index in [-0.39, 0.29) is 30.6 Å². The smallest absolute Gasteiger partial charge is 0.258 e. The molecule has 64 heavy (non-hydrogen) atoms. The highest BCUT2D eigenvalue weighted by Crippen LogP contribution is 2.40. The minimum absolute atomic E-state index is 0.0312. The van der Waals surface area contributed by atoms with Crippen LogP contribution in [0.25, 0.3) is 21.8 Å². The number of aryl methyl sites for hydroxylation is 1. The first-order valence-corrected chi connectivity index (χ1v) is 21.0. The number of carbonyl (C=O) groups is 2. The number of phenols is 2. The van der Waals surface area contributed by atoms with Crippen LogP contribution in [0.15, 0.2) is 152 Å². The molecule has 0 fully saturated rings. The second-order valence-electron chi connectivity index (χ2n) is 14.4. The van der Waals surface area contributed by atoms with Crippen molar-refractivity contribution in [3.8, 4) is 28.7 Å². The van der Waals surface area contributed by atoms with Crippen molar-refractivity contribution in [3.63, 3.8) is 0 Å². The number of pyridine rings is 2. The summed E-state index contributed by atoms with van der Waals surface area (Å²) in [7, 11) is 1.59. The lowest BCUT2D eigenvalue weighted by Gasteiger charge is -2.22. The number of benzene rings is 6. The van der Waals surface area contributed by atoms with Gasteiger partial charge in [-0.25, -0.2) is 0 Å². The number of hydrogen-bond acceptors (Lipinski definition) is 9. The third kappa shape index (κ3) is 10.9. The van der Waals surface area contributed by atoms with Crippen LogP contribution >= 0.6 is 34.8 Å². The summed E-state index contributed by atoms with van der Waals surface area (Å²) in [6.45, 7) is 1.62. The van der Waals surface area contributed by atoms with Gasteiger partial charge in [-0.05, 0) is 90.8 Å². The molecule has 0 spiro atoms. The summed E-state index contributed by atoms with van der Waals surface area (Å²) in [5, 5.41) is 30.3. The van der Waals surface area contributed by atoms with Crippen LogP contribution in [-0.4, -0.2) is 52.3 Å². The number of aromatic nitrogens is 2. The highest BCUT2D eigenvalue weighted by molar-refractivity contribution is 6.42. The molecule has 0 saturated heterocycles. The topological polar surface area (TPSA) is 152 Å². The van der Waals surface area contributed by atoms with E-state index in [0.717, 1.165) is 16.5 Å². The number of halogens is 3. The predicted molar refractivity (Wildman–Crippen MR) is 250 cm³/mol. The van der Waals surface area contributed by atoms with Crippen LogP contribution in [0, 0.1) is 6.92 Å². The number of carbonyl (C=O) groups excluding carboxylic acids is 2. The van der Waals surface area contributed by atoms with E-state index in [1.54, 1.807) is 74.1 Å². The van der Waals surface area contributed by atoms with Crippen LogP contribution in [0.1, 0.15) is 39.9 Å². The number of nitrogens with zero attached hydrogens (tertiary/aromatic N) is 2. The molecule has 11 nitrogen and oxygen atoms in total. The lowest BCUT2D eigenvalue weighted by atomic mass is 9.96. The zero-order valence-corrected chi connectivity index (χ0v) is 36.7. The molecule has 4 N–H and O–H groups in total. The van der Waals surface area contributed by atoms with Gasteiger partial charge in [0.25, 0.3) is 11.8 Å². The molecule has 2 atom stereocenters. The Morgan fingerprint density at radius 1 is 0.578 bits per heavy atom. The molecular formula is C50H41Cl3N4O7. The molecule has 8 rings (SSSR count). The highest BCUT2D eigenvalue weighted by atomic mass is 35.5. The van der Waals surface area contributed by atoms with Gasteiger partial charge in [0, 0.05) is 34.3 Å². The van der Waals surface area contributed by atoms with Crippen molar-refractivity contribution in [3.05, 3.63) is 195 Å². The molecule has 14 heteroatoms. The Balaban J connectivity index is 0.000000191. The van der Waals surface area contributed by atoms with E-state index in [1.807, 2.05) is 91.9 Å². The fourth-order valence-corrected chi connectivity index (χ4v) is 7.40. The third-order valence-corrected chi connectivity index (χ3v) is 11.1. The molecule has 6 aromatic carbocycles. The van der Waals surface area contributed by atoms with Crippen LogP contribution < -0.4 is 24.8 Å². The number of amides is 2. The van der Waals surface area contributed by atoms with Gasteiger partial charge in [-0.3, -0.25) is 19.6 Å². The van der Waals surface area contributed by atoms with Gasteiger partial charge in [0.2, 0.25) is 0 Å². The van der Waals surface area contributed by atoms with Gasteiger partial charge in [0.1, 0.15) is 39.8 Å². The largest absolute Gasteiger partial charge is 0.505 e. The van der Waals surface area contributed by atoms with E-state index in [0.29, 0.717) is 65.4 Å². The number of methoxy groups -OCH3 is 1. The van der Waals surface area contributed by atoms with E-state index in [1.165, 1.54) is 0 Å². The van der Waals surface area contributed by atoms with Crippen molar-refractivity contribution in [2.24, 2.45) is 0 Å². The first-order valence-electron chi connectivity index (χ1n) is 19.9. The summed E-state index contributed by atoms with van der Waals surface area (Å²) in [5.41, 5.74) is 4.23. The van der Waals surface area contributed by atoms with Crippen LogP contribution in [0.5, 0.6) is 28.7 Å². The van der Waals surface area contributed by atoms with Gasteiger partial charge in [0.15, 0.2) is 13.2 Å². The number of phenolic OH excluding ortho intramolecular Hbond substituents is 2. The van der Waals surface area contributed by atoms with Gasteiger partial charge in [-0.1, -0.05) is 107 Å². The molecule has 324 valence electrons. The minimum Gasteiger partial charge on any atom is -0.505 e. The molecule has 0 aliphatic carbocycles. The van der Waals surface area contributed by atoms with Gasteiger partial charge in [-0.2, -0.15) is 0 Å². The molecule has 8 aromatic rings. The molecule has 2 amide bonds. The van der Waals surface area contributed by atoms with E-state index in [4.69, 9.17) is 49.0 Å². The van der Waals surface area contributed by atoms with E-state index in [9.17, 15) is 19.8 Å². The molecule has 0 aliphatic heterocycles. The number of nitrogens with one attached hydrogen (secondary N) is 2. The Bertz CT molecular complexity index is 2900. The molecule has 0 aliphatic rings. The second kappa shape index (κ2) is 20.9. The quantitative estimate of drug-likeness (QED) is 0.0886. The Labute approximate surface area is 384 Å². The number of ether oxygens (including phenoxy) is 3. The third-order valence-electron chi connectivity index (χ3n) is 10.1. The van der Waals surface area contributed by atoms with Crippen molar-refractivity contribution >= 4 is 68.4 Å². The average molecular weight is 916 g/mol. The minimum atomic E-state index is -0.777. The number of rotatable bonds is 13. The maximum atomic E-state index is 12.8. The van der Waals surface area contributed by atoms with Crippen molar-refractivity contribution in [2.45, 2.75) is 19.0 Å². The SMILES string of the molecule is COc1ccc(C(NC(=O)COc2ccc(C)cc2)c2ccc3cccnc3c2O)cc1.O=C(COc1ccccc1)NC(c1ccc(Cl)c(Cl)c1)c1cc(Cl)c2cccnc2c1O. The van der Waals surface area contributed by atoms with Crippen LogP contribution in [0.3, 0.4) is 0 Å². The fraction of sp³-hybridized carbons (Fsp3) is 0.120. The average Bonchev–Trinajstić information content (AvgIpc) is 3.32. The van der Waals surface area contributed by atoms with Gasteiger partial charge < -0.3 is 35.1 Å². The van der Waals surface area contributed by atoms with Crippen LogP contribution in [0.4, 0.5) is 0 Å². The Hall–Kier alpha value is -7.05. The maximum absolute atomic E-state index is 12.8. The van der Waals surface area contributed by atoms with Crippen molar-refractivity contribution in [2.75, 3.05) is 20.3 Å². The first-order chi connectivity index (χ1) is 31.0. The Morgan fingerprint density at radius 3 is 1.81 bits per heavy atom. The Morgan fingerprint density at radius 2 is 1.16 bits per heavy atom. The van der Waals surface area contributed by atoms with Gasteiger partial charge in [-0.15, -0.1) is 0 Å². The highest BCUT2D eigenvalue weighted by Gasteiger charge is 2.25. The molecule has 2 unspecified atom stereocenters. The summed E-state index contributed by atoms with van der Waals surface area (Å²) in [5.74, 6) is 1.10. The van der Waals surface area contributed by atoms with E-state index in [2.05, 4.69) is 20.6 Å². The first kappa shape index (κ1) is 45.0.